The van der Waals surface area contributed by atoms with Crippen LogP contribution >= 0.6 is 15.9 Å². The van der Waals surface area contributed by atoms with Gasteiger partial charge in [0.05, 0.1) is 12.3 Å². The highest BCUT2D eigenvalue weighted by Crippen LogP contribution is 2.11. The van der Waals surface area contributed by atoms with Gasteiger partial charge in [-0.25, -0.2) is 4.98 Å². The summed E-state index contributed by atoms with van der Waals surface area (Å²) < 4.78 is 7.07. The summed E-state index contributed by atoms with van der Waals surface area (Å²) in [6, 6.07) is 3.50. The highest BCUT2D eigenvalue weighted by molar-refractivity contribution is 9.10. The van der Waals surface area contributed by atoms with Crippen LogP contribution in [0.4, 0.5) is 5.69 Å². The van der Waals surface area contributed by atoms with Crippen LogP contribution in [0.5, 0.6) is 0 Å². The number of hydrogen-bond donors (Lipinski definition) is 2. The molecule has 2 heterocycles. The Kier molecular flexibility index (Phi) is 3.30. The first-order valence-corrected chi connectivity index (χ1v) is 5.63. The fraction of sp³-hybridized carbons (Fsp3) is 0.200. The van der Waals surface area contributed by atoms with Gasteiger partial charge in [0.15, 0.2) is 5.82 Å². The molecular weight excluding hydrogens is 288 g/mol. The Labute approximate surface area is 106 Å². The molecule has 0 bridgehead atoms. The smallest absolute Gasteiger partial charge is 0.296 e. The molecule has 0 aliphatic carbocycles. The zero-order chi connectivity index (χ0) is 12.4. The van der Waals surface area contributed by atoms with E-state index in [0.717, 1.165) is 4.47 Å². The fourth-order valence-electron chi connectivity index (χ4n) is 1.41. The third kappa shape index (κ3) is 2.25. The maximum Gasteiger partial charge on any atom is 0.296 e. The molecule has 0 aliphatic heterocycles. The van der Waals surface area contributed by atoms with E-state index in [1.807, 2.05) is 0 Å². The molecule has 0 saturated heterocycles. The van der Waals surface area contributed by atoms with Gasteiger partial charge in [-0.05, 0) is 28.1 Å². The van der Waals surface area contributed by atoms with Crippen molar-refractivity contribution in [3.8, 4) is 5.82 Å². The van der Waals surface area contributed by atoms with Crippen molar-refractivity contribution in [3.05, 3.63) is 38.9 Å². The van der Waals surface area contributed by atoms with Crippen molar-refractivity contribution in [2.24, 2.45) is 0 Å². The second-order valence-corrected chi connectivity index (χ2v) is 4.33. The molecule has 3 N–H and O–H groups in total. The predicted octanol–water partition coefficient (Wildman–Crippen LogP) is 1.05. The van der Waals surface area contributed by atoms with E-state index in [9.17, 15) is 4.79 Å². The molecular formula is C10H11BrN4O2. The number of nitrogens with one attached hydrogen (secondary N) is 1. The fourth-order valence-corrected chi connectivity index (χ4v) is 1.65. The van der Waals surface area contributed by atoms with Crippen LogP contribution in [0.25, 0.3) is 5.82 Å². The number of halogens is 1. The zero-order valence-electron chi connectivity index (χ0n) is 9.11. The van der Waals surface area contributed by atoms with Crippen molar-refractivity contribution in [2.75, 3.05) is 12.8 Å². The average molecular weight is 299 g/mol. The zero-order valence-corrected chi connectivity index (χ0v) is 10.7. The molecule has 6 nitrogen and oxygen atoms in total. The summed E-state index contributed by atoms with van der Waals surface area (Å²) in [7, 11) is 1.53. The minimum absolute atomic E-state index is 0.150. The van der Waals surface area contributed by atoms with E-state index >= 15 is 0 Å². The molecule has 0 spiro atoms. The van der Waals surface area contributed by atoms with Gasteiger partial charge in [0, 0.05) is 17.8 Å². The molecule has 0 unspecified atom stereocenters. The van der Waals surface area contributed by atoms with E-state index in [1.165, 1.54) is 11.8 Å². The van der Waals surface area contributed by atoms with Crippen molar-refractivity contribution < 1.29 is 4.74 Å². The van der Waals surface area contributed by atoms with Crippen molar-refractivity contribution in [1.82, 2.24) is 14.8 Å². The highest BCUT2D eigenvalue weighted by Gasteiger charge is 2.12. The molecule has 17 heavy (non-hydrogen) atoms. The van der Waals surface area contributed by atoms with Crippen LogP contribution in [0.2, 0.25) is 0 Å². The number of anilines is 1. The number of aromatic nitrogens is 3. The summed E-state index contributed by atoms with van der Waals surface area (Å²) >= 11 is 3.28. The van der Waals surface area contributed by atoms with Gasteiger partial charge in [-0.2, -0.15) is 4.68 Å². The second kappa shape index (κ2) is 4.72. The molecule has 7 heteroatoms. The molecule has 0 fully saturated rings. The van der Waals surface area contributed by atoms with Crippen LogP contribution in [0, 0.1) is 0 Å². The summed E-state index contributed by atoms with van der Waals surface area (Å²) in [5.41, 5.74) is 6.04. The first kappa shape index (κ1) is 11.9. The quantitative estimate of drug-likeness (QED) is 0.887. The molecule has 0 aliphatic rings. The molecule has 2 rings (SSSR count). The molecule has 0 amide bonds. The number of nitrogens with zero attached hydrogens (tertiary/aromatic N) is 2. The van der Waals surface area contributed by atoms with E-state index in [1.54, 1.807) is 18.3 Å². The number of aromatic amines is 1. The van der Waals surface area contributed by atoms with Crippen LogP contribution in [-0.4, -0.2) is 21.9 Å². The Morgan fingerprint density at radius 3 is 2.94 bits per heavy atom. The number of pyridine rings is 1. The number of nitrogen functional groups attached to an aromatic ring is 1. The van der Waals surface area contributed by atoms with Gasteiger partial charge in [-0.3, -0.25) is 9.89 Å². The number of ether oxygens (including phenoxy) is 1. The monoisotopic (exact) mass is 298 g/mol. The van der Waals surface area contributed by atoms with Gasteiger partial charge in [-0.15, -0.1) is 0 Å². The molecule has 90 valence electrons. The number of rotatable bonds is 3. The lowest BCUT2D eigenvalue weighted by atomic mass is 10.4. The predicted molar refractivity (Wildman–Crippen MR) is 67.0 cm³/mol. The standard InChI is InChI=1S/C10H11BrN4O2/c1-17-5-7-9(12)10(16)15(14-7)8-3-2-6(11)4-13-8/h2-4,14H,5,12H2,1H3. The first-order valence-electron chi connectivity index (χ1n) is 4.83. The van der Waals surface area contributed by atoms with Gasteiger partial charge >= 0.3 is 0 Å². The summed E-state index contributed by atoms with van der Waals surface area (Å²) in [6.45, 7) is 0.255. The topological polar surface area (TPSA) is 85.9 Å². The Morgan fingerprint density at radius 2 is 2.35 bits per heavy atom. The maximum absolute atomic E-state index is 11.8. The minimum atomic E-state index is -0.327. The van der Waals surface area contributed by atoms with Gasteiger partial charge in [-0.1, -0.05) is 0 Å². The van der Waals surface area contributed by atoms with E-state index < -0.39 is 0 Å². The number of hydrogen-bond acceptors (Lipinski definition) is 4. The van der Waals surface area contributed by atoms with Gasteiger partial charge in [0.1, 0.15) is 5.69 Å². The highest BCUT2D eigenvalue weighted by atomic mass is 79.9. The van der Waals surface area contributed by atoms with Crippen LogP contribution in [0.1, 0.15) is 5.69 Å². The van der Waals surface area contributed by atoms with E-state index in [0.29, 0.717) is 11.5 Å². The Hall–Kier alpha value is -1.60. The van der Waals surface area contributed by atoms with Crippen LogP contribution in [-0.2, 0) is 11.3 Å². The summed E-state index contributed by atoms with van der Waals surface area (Å²) in [4.78, 5) is 16.0. The maximum atomic E-state index is 11.8. The van der Waals surface area contributed by atoms with E-state index in [-0.39, 0.29) is 17.9 Å². The number of nitrogens with two attached hydrogens (primary N) is 1. The number of H-pyrrole nitrogens is 1. The van der Waals surface area contributed by atoms with Crippen LogP contribution in [0.3, 0.4) is 0 Å². The first-order chi connectivity index (χ1) is 8.13. The molecule has 2 aromatic heterocycles. The third-order valence-electron chi connectivity index (χ3n) is 2.23. The lowest BCUT2D eigenvalue weighted by Crippen LogP contribution is -2.17. The molecule has 0 radical (unpaired) electrons. The Balaban J connectivity index is 2.49. The average Bonchev–Trinajstić information content (AvgIpc) is 2.59. The van der Waals surface area contributed by atoms with Crippen LogP contribution in [0.15, 0.2) is 27.6 Å². The summed E-state index contributed by atoms with van der Waals surface area (Å²) in [5.74, 6) is 0.479. The molecule has 0 saturated carbocycles. The van der Waals surface area contributed by atoms with Crippen molar-refractivity contribution in [2.45, 2.75) is 6.61 Å². The van der Waals surface area contributed by atoms with Gasteiger partial charge in [0.25, 0.3) is 5.56 Å². The van der Waals surface area contributed by atoms with Gasteiger partial charge in [0.2, 0.25) is 0 Å². The van der Waals surface area contributed by atoms with Crippen molar-refractivity contribution >= 4 is 21.6 Å². The summed E-state index contributed by atoms with van der Waals surface area (Å²) in [5, 5.41) is 2.86. The normalized spacial score (nSPS) is 10.7. The van der Waals surface area contributed by atoms with Gasteiger partial charge < -0.3 is 10.5 Å². The largest absolute Gasteiger partial charge is 0.393 e. The Bertz CT molecular complexity index is 573. The Morgan fingerprint density at radius 1 is 1.59 bits per heavy atom. The molecule has 2 aromatic rings. The second-order valence-electron chi connectivity index (χ2n) is 3.41. The van der Waals surface area contributed by atoms with E-state index in [4.69, 9.17) is 10.5 Å². The lowest BCUT2D eigenvalue weighted by Gasteiger charge is -2.00. The van der Waals surface area contributed by atoms with Crippen LogP contribution < -0.4 is 11.3 Å². The third-order valence-corrected chi connectivity index (χ3v) is 2.70. The molecule has 0 atom stereocenters. The SMILES string of the molecule is COCc1[nH]n(-c2ccc(Br)cn2)c(=O)c1N. The lowest BCUT2D eigenvalue weighted by molar-refractivity contribution is 0.181. The summed E-state index contributed by atoms with van der Waals surface area (Å²) in [6.07, 6.45) is 1.61. The van der Waals surface area contributed by atoms with E-state index in [2.05, 4.69) is 26.0 Å². The minimum Gasteiger partial charge on any atom is -0.393 e. The van der Waals surface area contributed by atoms with Crippen molar-refractivity contribution in [3.63, 3.8) is 0 Å². The van der Waals surface area contributed by atoms with Crippen molar-refractivity contribution in [1.29, 1.82) is 0 Å². The number of methoxy groups -OCH3 is 1. The molecule has 0 aromatic carbocycles.